The lowest BCUT2D eigenvalue weighted by Gasteiger charge is -2.38. The summed E-state index contributed by atoms with van der Waals surface area (Å²) in [6, 6.07) is 27.8. The number of hydrogen-bond acceptors (Lipinski definition) is 4. The number of hydrazine groups is 1. The van der Waals surface area contributed by atoms with Crippen molar-refractivity contribution in [3.05, 3.63) is 95.6 Å². The van der Waals surface area contributed by atoms with Crippen LogP contribution in [0.15, 0.2) is 78.9 Å². The fraction of sp³-hybridized carbons (Fsp3) is 0.250. The van der Waals surface area contributed by atoms with Gasteiger partial charge in [0.1, 0.15) is 11.5 Å². The Balaban J connectivity index is 1.50. The van der Waals surface area contributed by atoms with Crippen LogP contribution in [0.1, 0.15) is 48.3 Å². The van der Waals surface area contributed by atoms with E-state index in [0.717, 1.165) is 23.5 Å². The van der Waals surface area contributed by atoms with Gasteiger partial charge >= 0.3 is 0 Å². The highest BCUT2D eigenvalue weighted by atomic mass is 16.5. The van der Waals surface area contributed by atoms with Gasteiger partial charge in [-0.2, -0.15) is 5.01 Å². The van der Waals surface area contributed by atoms with Crippen LogP contribution in [0, 0.1) is 0 Å². The van der Waals surface area contributed by atoms with Crippen molar-refractivity contribution in [3.63, 3.8) is 0 Å². The molecular formula is C24H24N2O2. The first kappa shape index (κ1) is 17.3. The van der Waals surface area contributed by atoms with Gasteiger partial charge in [0, 0.05) is 17.2 Å². The molecular weight excluding hydrogens is 348 g/mol. The van der Waals surface area contributed by atoms with E-state index >= 15 is 0 Å². The zero-order valence-electron chi connectivity index (χ0n) is 15.9. The second-order valence-electron chi connectivity index (χ2n) is 7.26. The maximum atomic E-state index is 6.44. The van der Waals surface area contributed by atoms with Crippen molar-refractivity contribution < 1.29 is 9.47 Å². The van der Waals surface area contributed by atoms with E-state index in [4.69, 9.17) is 9.47 Å². The van der Waals surface area contributed by atoms with E-state index < -0.39 is 0 Å². The standard InChI is InChI=1S/C24H24N2O2/c1-2-27-19-14-12-18(13-15-19)24-26-22(20-10-6-7-11-23(20)28-24)16-21(25-26)17-8-4-3-5-9-17/h3-15,21-22,24-25H,2,16H2,1H3/t21-,22-,24+/m1/s1. The van der Waals surface area contributed by atoms with E-state index in [1.165, 1.54) is 11.1 Å². The van der Waals surface area contributed by atoms with E-state index in [1.54, 1.807) is 0 Å². The van der Waals surface area contributed by atoms with Gasteiger partial charge < -0.3 is 9.47 Å². The molecule has 2 aliphatic rings. The largest absolute Gasteiger partial charge is 0.494 e. The molecule has 3 aromatic rings. The Morgan fingerprint density at radius 3 is 2.46 bits per heavy atom. The molecule has 3 atom stereocenters. The number of para-hydroxylation sites is 1. The summed E-state index contributed by atoms with van der Waals surface area (Å²) in [5, 5.41) is 2.27. The topological polar surface area (TPSA) is 33.7 Å². The summed E-state index contributed by atoms with van der Waals surface area (Å²) < 4.78 is 12.0. The first-order valence-corrected chi connectivity index (χ1v) is 9.91. The Morgan fingerprint density at radius 2 is 1.68 bits per heavy atom. The van der Waals surface area contributed by atoms with Gasteiger partial charge in [0.15, 0.2) is 6.23 Å². The van der Waals surface area contributed by atoms with E-state index in [2.05, 4.69) is 71.1 Å². The minimum atomic E-state index is -0.177. The summed E-state index contributed by atoms with van der Waals surface area (Å²) >= 11 is 0. The minimum Gasteiger partial charge on any atom is -0.494 e. The van der Waals surface area contributed by atoms with Crippen LogP contribution in [0.5, 0.6) is 11.5 Å². The smallest absolute Gasteiger partial charge is 0.191 e. The second kappa shape index (κ2) is 7.30. The molecule has 28 heavy (non-hydrogen) atoms. The van der Waals surface area contributed by atoms with Gasteiger partial charge in [-0.25, -0.2) is 5.43 Å². The lowest BCUT2D eigenvalue weighted by atomic mass is 9.95. The number of nitrogens with zero attached hydrogens (tertiary/aromatic N) is 1. The normalized spacial score (nSPS) is 23.5. The number of benzene rings is 3. The fourth-order valence-corrected chi connectivity index (χ4v) is 4.23. The molecule has 3 aromatic carbocycles. The van der Waals surface area contributed by atoms with Gasteiger partial charge in [0.05, 0.1) is 12.6 Å². The van der Waals surface area contributed by atoms with Crippen LogP contribution in [0.4, 0.5) is 0 Å². The lowest BCUT2D eigenvalue weighted by molar-refractivity contribution is -0.0434. The zero-order chi connectivity index (χ0) is 18.9. The van der Waals surface area contributed by atoms with Crippen molar-refractivity contribution in [2.75, 3.05) is 6.61 Å². The number of ether oxygens (including phenoxy) is 2. The molecule has 1 fully saturated rings. The molecule has 0 unspecified atom stereocenters. The van der Waals surface area contributed by atoms with Crippen LogP contribution in [0.2, 0.25) is 0 Å². The Hall–Kier alpha value is -2.82. The van der Waals surface area contributed by atoms with Crippen molar-refractivity contribution in [1.82, 2.24) is 10.4 Å². The Labute approximate surface area is 165 Å². The van der Waals surface area contributed by atoms with E-state index in [1.807, 2.05) is 25.1 Å². The molecule has 142 valence electrons. The Morgan fingerprint density at radius 1 is 0.929 bits per heavy atom. The predicted octanol–water partition coefficient (Wildman–Crippen LogP) is 5.17. The van der Waals surface area contributed by atoms with Crippen LogP contribution >= 0.6 is 0 Å². The fourth-order valence-electron chi connectivity index (χ4n) is 4.23. The van der Waals surface area contributed by atoms with Crippen molar-refractivity contribution in [1.29, 1.82) is 0 Å². The van der Waals surface area contributed by atoms with Gasteiger partial charge in [-0.05, 0) is 37.1 Å². The van der Waals surface area contributed by atoms with Crippen LogP contribution in [0.3, 0.4) is 0 Å². The number of nitrogens with one attached hydrogen (secondary N) is 1. The van der Waals surface area contributed by atoms with Gasteiger partial charge in [-0.1, -0.05) is 60.7 Å². The van der Waals surface area contributed by atoms with Gasteiger partial charge in [-0.15, -0.1) is 0 Å². The first-order valence-electron chi connectivity index (χ1n) is 9.91. The maximum absolute atomic E-state index is 6.44. The highest BCUT2D eigenvalue weighted by Gasteiger charge is 2.43. The molecule has 0 bridgehead atoms. The third-order valence-corrected chi connectivity index (χ3v) is 5.55. The van der Waals surface area contributed by atoms with Crippen molar-refractivity contribution in [3.8, 4) is 11.5 Å². The summed E-state index contributed by atoms with van der Waals surface area (Å²) in [4.78, 5) is 0. The Bertz CT molecular complexity index is 942. The summed E-state index contributed by atoms with van der Waals surface area (Å²) in [7, 11) is 0. The molecule has 0 amide bonds. The van der Waals surface area contributed by atoms with Crippen LogP contribution in [-0.4, -0.2) is 11.6 Å². The van der Waals surface area contributed by atoms with Crippen molar-refractivity contribution in [2.45, 2.75) is 31.7 Å². The average Bonchev–Trinajstić information content (AvgIpc) is 3.20. The monoisotopic (exact) mass is 372 g/mol. The molecule has 2 heterocycles. The SMILES string of the molecule is CCOc1ccc([C@@H]2Oc3ccccc3[C@H]3C[C@H](c4ccccc4)NN32)cc1. The molecule has 0 saturated carbocycles. The van der Waals surface area contributed by atoms with Crippen molar-refractivity contribution in [2.24, 2.45) is 0 Å². The molecule has 0 spiro atoms. The third-order valence-electron chi connectivity index (χ3n) is 5.55. The molecule has 0 radical (unpaired) electrons. The van der Waals surface area contributed by atoms with Crippen molar-refractivity contribution >= 4 is 0 Å². The summed E-state index contributed by atoms with van der Waals surface area (Å²) in [5.41, 5.74) is 7.38. The number of rotatable bonds is 4. The third kappa shape index (κ3) is 3.05. The molecule has 1 saturated heterocycles. The molecule has 1 N–H and O–H groups in total. The number of hydrogen-bond donors (Lipinski definition) is 1. The van der Waals surface area contributed by atoms with E-state index in [0.29, 0.717) is 6.61 Å². The van der Waals surface area contributed by atoms with Gasteiger partial charge in [-0.3, -0.25) is 0 Å². The second-order valence-corrected chi connectivity index (χ2v) is 7.26. The van der Waals surface area contributed by atoms with E-state index in [-0.39, 0.29) is 18.3 Å². The molecule has 4 heteroatoms. The molecule has 0 aromatic heterocycles. The van der Waals surface area contributed by atoms with Crippen LogP contribution in [0.25, 0.3) is 0 Å². The van der Waals surface area contributed by atoms with Crippen LogP contribution in [-0.2, 0) is 0 Å². The molecule has 4 nitrogen and oxygen atoms in total. The Kier molecular flexibility index (Phi) is 4.51. The van der Waals surface area contributed by atoms with Gasteiger partial charge in [0.25, 0.3) is 0 Å². The predicted molar refractivity (Wildman–Crippen MR) is 109 cm³/mol. The minimum absolute atomic E-state index is 0.177. The van der Waals surface area contributed by atoms with Crippen LogP contribution < -0.4 is 14.9 Å². The first-order chi connectivity index (χ1) is 13.8. The average molecular weight is 372 g/mol. The number of fused-ring (bicyclic) bond motifs is 3. The highest BCUT2D eigenvalue weighted by Crippen LogP contribution is 2.48. The maximum Gasteiger partial charge on any atom is 0.191 e. The summed E-state index contributed by atoms with van der Waals surface area (Å²) in [6.45, 7) is 2.67. The summed E-state index contributed by atoms with van der Waals surface area (Å²) in [5.74, 6) is 1.86. The van der Waals surface area contributed by atoms with E-state index in [9.17, 15) is 0 Å². The highest BCUT2D eigenvalue weighted by molar-refractivity contribution is 5.41. The molecule has 2 aliphatic heterocycles. The van der Waals surface area contributed by atoms with Gasteiger partial charge in [0.2, 0.25) is 0 Å². The molecule has 0 aliphatic carbocycles. The lowest BCUT2D eigenvalue weighted by Crippen LogP contribution is -2.42. The quantitative estimate of drug-likeness (QED) is 0.685. The molecule has 5 rings (SSSR count). The summed E-state index contributed by atoms with van der Waals surface area (Å²) in [6.07, 6.45) is 0.835. The zero-order valence-corrected chi connectivity index (χ0v) is 15.9.